The van der Waals surface area contributed by atoms with Crippen LogP contribution in [-0.4, -0.2) is 28.3 Å². The molecule has 4 nitrogen and oxygen atoms in total. The van der Waals surface area contributed by atoms with Crippen LogP contribution in [0.5, 0.6) is 0 Å². The zero-order valence-electron chi connectivity index (χ0n) is 10.5. The summed E-state index contributed by atoms with van der Waals surface area (Å²) in [5.41, 5.74) is 0.545. The Balaban J connectivity index is 1.95. The van der Waals surface area contributed by atoms with Gasteiger partial charge in [-0.15, -0.1) is 10.2 Å². The minimum Gasteiger partial charge on any atom is -0.360 e. The molecule has 0 saturated carbocycles. The number of nitrogens with one attached hydrogen (secondary N) is 1. The van der Waals surface area contributed by atoms with E-state index >= 15 is 0 Å². The summed E-state index contributed by atoms with van der Waals surface area (Å²) >= 11 is 14.5. The van der Waals surface area contributed by atoms with Gasteiger partial charge in [0.05, 0.1) is 15.8 Å². The fourth-order valence-corrected chi connectivity index (χ4v) is 3.38. The largest absolute Gasteiger partial charge is 0.360 e. The molecule has 0 amide bonds. The van der Waals surface area contributed by atoms with E-state index in [1.165, 1.54) is 23.1 Å². The van der Waals surface area contributed by atoms with Gasteiger partial charge in [-0.1, -0.05) is 46.3 Å². The van der Waals surface area contributed by atoms with Gasteiger partial charge in [-0.3, -0.25) is 4.79 Å². The average Bonchev–Trinajstić information content (AvgIpc) is 2.87. The molecule has 0 radical (unpaired) electrons. The smallest absolute Gasteiger partial charge is 0.206 e. The predicted molar refractivity (Wildman–Crippen MR) is 85.6 cm³/mol. The number of hydrogen-bond donors (Lipinski definition) is 1. The molecule has 1 aromatic heterocycles. The highest BCUT2D eigenvalue weighted by atomic mass is 35.5. The van der Waals surface area contributed by atoms with Crippen molar-refractivity contribution >= 4 is 57.2 Å². The summed E-state index contributed by atoms with van der Waals surface area (Å²) in [6.45, 7) is 2.78. The quantitative estimate of drug-likeness (QED) is 0.625. The number of aromatic nitrogens is 2. The maximum absolute atomic E-state index is 12.0. The lowest BCUT2D eigenvalue weighted by molar-refractivity contribution is 0.102. The number of halogens is 2. The number of nitrogens with zero attached hydrogens (tertiary/aromatic N) is 2. The van der Waals surface area contributed by atoms with Crippen molar-refractivity contribution in [2.24, 2.45) is 0 Å². The van der Waals surface area contributed by atoms with Crippen molar-refractivity contribution in [3.63, 3.8) is 0 Å². The Morgan fingerprint density at radius 1 is 1.35 bits per heavy atom. The first kappa shape index (κ1) is 15.6. The molecule has 0 saturated heterocycles. The zero-order valence-corrected chi connectivity index (χ0v) is 13.7. The Bertz CT molecular complexity index is 618. The van der Waals surface area contributed by atoms with Gasteiger partial charge in [0.15, 0.2) is 10.1 Å². The highest BCUT2D eigenvalue weighted by molar-refractivity contribution is 8.01. The molecule has 1 N–H and O–H groups in total. The van der Waals surface area contributed by atoms with Gasteiger partial charge >= 0.3 is 0 Å². The van der Waals surface area contributed by atoms with Gasteiger partial charge in [-0.05, 0) is 25.1 Å². The van der Waals surface area contributed by atoms with Crippen LogP contribution in [0.2, 0.25) is 10.0 Å². The monoisotopic (exact) mass is 347 g/mol. The molecule has 0 atom stereocenters. The predicted octanol–water partition coefficient (Wildman–Crippen LogP) is 4.25. The lowest BCUT2D eigenvalue weighted by atomic mass is 10.1. The van der Waals surface area contributed by atoms with Crippen LogP contribution in [0.15, 0.2) is 22.5 Å². The van der Waals surface area contributed by atoms with E-state index in [2.05, 4.69) is 15.5 Å². The number of Topliss-reactive ketones (excluding diaryl/α,β-unsaturated/α-hetero) is 1. The third-order valence-electron chi connectivity index (χ3n) is 2.30. The van der Waals surface area contributed by atoms with E-state index in [0.717, 1.165) is 16.0 Å². The molecule has 0 aliphatic heterocycles. The summed E-state index contributed by atoms with van der Waals surface area (Å²) in [5, 5.41) is 12.6. The van der Waals surface area contributed by atoms with Crippen molar-refractivity contribution < 1.29 is 4.79 Å². The molecule has 1 aromatic carbocycles. The minimum atomic E-state index is -0.0197. The van der Waals surface area contributed by atoms with E-state index < -0.39 is 0 Å². The van der Waals surface area contributed by atoms with Gasteiger partial charge in [-0.2, -0.15) is 0 Å². The van der Waals surface area contributed by atoms with E-state index in [1.54, 1.807) is 18.2 Å². The molecule has 0 aliphatic rings. The first-order valence-corrected chi connectivity index (χ1v) is 8.34. The van der Waals surface area contributed by atoms with E-state index in [-0.39, 0.29) is 5.78 Å². The maximum Gasteiger partial charge on any atom is 0.206 e. The number of carbonyl (C=O) groups is 1. The summed E-state index contributed by atoms with van der Waals surface area (Å²) in [6.07, 6.45) is 0. The van der Waals surface area contributed by atoms with Gasteiger partial charge in [0, 0.05) is 12.1 Å². The molecule has 0 unspecified atom stereocenters. The molecular weight excluding hydrogens is 337 g/mol. The molecule has 0 bridgehead atoms. The van der Waals surface area contributed by atoms with Crippen LogP contribution in [0.4, 0.5) is 5.13 Å². The molecule has 0 fully saturated rings. The van der Waals surface area contributed by atoms with Crippen LogP contribution in [0, 0.1) is 0 Å². The number of carbonyl (C=O) groups excluding carboxylic acids is 1. The molecule has 0 aliphatic carbocycles. The van der Waals surface area contributed by atoms with Crippen molar-refractivity contribution in [3.8, 4) is 0 Å². The number of anilines is 1. The summed E-state index contributed by atoms with van der Waals surface area (Å²) in [7, 11) is 0. The van der Waals surface area contributed by atoms with Gasteiger partial charge in [0.25, 0.3) is 0 Å². The Kier molecular flexibility index (Phi) is 5.65. The first-order valence-electron chi connectivity index (χ1n) is 5.78. The average molecular weight is 348 g/mol. The Morgan fingerprint density at radius 3 is 2.85 bits per heavy atom. The highest BCUT2D eigenvalue weighted by Crippen LogP contribution is 2.27. The summed E-state index contributed by atoms with van der Waals surface area (Å²) in [5.74, 6) is 0.271. The van der Waals surface area contributed by atoms with Crippen molar-refractivity contribution in [2.45, 2.75) is 11.3 Å². The normalized spacial score (nSPS) is 10.6. The number of ketones is 1. The van der Waals surface area contributed by atoms with Crippen molar-refractivity contribution in [1.29, 1.82) is 0 Å². The second-order valence-corrected chi connectivity index (χ2v) is 6.76. The minimum absolute atomic E-state index is 0.0197. The number of rotatable bonds is 6. The molecule has 0 spiro atoms. The van der Waals surface area contributed by atoms with E-state index in [9.17, 15) is 4.79 Å². The fourth-order valence-electron chi connectivity index (χ4n) is 1.37. The molecule has 2 aromatic rings. The lowest BCUT2D eigenvalue weighted by Gasteiger charge is -2.01. The SMILES string of the molecule is CCNc1nnc(SCC(=O)c2ccc(Cl)c(Cl)c2)s1. The van der Waals surface area contributed by atoms with Gasteiger partial charge < -0.3 is 5.32 Å². The van der Waals surface area contributed by atoms with E-state index in [0.29, 0.717) is 21.4 Å². The zero-order chi connectivity index (χ0) is 14.5. The maximum atomic E-state index is 12.0. The van der Waals surface area contributed by atoms with Gasteiger partial charge in [0.1, 0.15) is 0 Å². The van der Waals surface area contributed by atoms with Gasteiger partial charge in [-0.25, -0.2) is 0 Å². The van der Waals surface area contributed by atoms with Crippen LogP contribution < -0.4 is 5.32 Å². The standard InChI is InChI=1S/C12H11Cl2N3OS2/c1-2-15-11-16-17-12(20-11)19-6-10(18)7-3-4-8(13)9(14)5-7/h3-5H,2,6H2,1H3,(H,15,16). The highest BCUT2D eigenvalue weighted by Gasteiger charge is 2.11. The van der Waals surface area contributed by atoms with Crippen molar-refractivity contribution in [2.75, 3.05) is 17.6 Å². The van der Waals surface area contributed by atoms with Crippen LogP contribution >= 0.6 is 46.3 Å². The van der Waals surface area contributed by atoms with Crippen LogP contribution in [-0.2, 0) is 0 Å². The van der Waals surface area contributed by atoms with Crippen molar-refractivity contribution in [1.82, 2.24) is 10.2 Å². The molecule has 2 rings (SSSR count). The molecular formula is C12H11Cl2N3OS2. The third kappa shape index (κ3) is 4.09. The van der Waals surface area contributed by atoms with E-state index in [4.69, 9.17) is 23.2 Å². The second kappa shape index (κ2) is 7.26. The van der Waals surface area contributed by atoms with E-state index in [1.807, 2.05) is 6.92 Å². The summed E-state index contributed by atoms with van der Waals surface area (Å²) < 4.78 is 0.759. The molecule has 20 heavy (non-hydrogen) atoms. The molecule has 1 heterocycles. The Labute approximate surface area is 134 Å². The first-order chi connectivity index (χ1) is 9.60. The number of benzene rings is 1. The topological polar surface area (TPSA) is 54.9 Å². The summed E-state index contributed by atoms with van der Waals surface area (Å²) in [6, 6.07) is 4.87. The lowest BCUT2D eigenvalue weighted by Crippen LogP contribution is -2.02. The fraction of sp³-hybridized carbons (Fsp3) is 0.250. The summed E-state index contributed by atoms with van der Waals surface area (Å²) in [4.78, 5) is 12.0. The van der Waals surface area contributed by atoms with Crippen LogP contribution in [0.3, 0.4) is 0 Å². The number of hydrogen-bond acceptors (Lipinski definition) is 6. The Morgan fingerprint density at radius 2 is 2.15 bits per heavy atom. The third-order valence-corrected chi connectivity index (χ3v) is 5.06. The van der Waals surface area contributed by atoms with Crippen LogP contribution in [0.25, 0.3) is 0 Å². The van der Waals surface area contributed by atoms with Gasteiger partial charge in [0.2, 0.25) is 5.13 Å². The van der Waals surface area contributed by atoms with Crippen LogP contribution in [0.1, 0.15) is 17.3 Å². The number of thioether (sulfide) groups is 1. The van der Waals surface area contributed by atoms with Crippen molar-refractivity contribution in [3.05, 3.63) is 33.8 Å². The second-order valence-electron chi connectivity index (χ2n) is 3.74. The molecule has 106 valence electrons. The molecule has 8 heteroatoms. The Hall–Kier alpha value is -0.820.